The minimum Gasteiger partial charge on any atom is -0.295 e. The van der Waals surface area contributed by atoms with Crippen molar-refractivity contribution >= 4 is 98.1 Å². The molecule has 0 bridgehead atoms. The summed E-state index contributed by atoms with van der Waals surface area (Å²) in [6.45, 7) is 4.00. The molecule has 0 saturated carbocycles. The summed E-state index contributed by atoms with van der Waals surface area (Å²) in [4.78, 5) is 0. The van der Waals surface area contributed by atoms with Crippen molar-refractivity contribution in [1.82, 2.24) is 9.13 Å². The molecule has 0 N–H and O–H groups in total. The molecule has 3 aromatic heterocycles. The van der Waals surface area contributed by atoms with Crippen LogP contribution in [-0.4, -0.2) is 9.13 Å². The molecule has 0 aliphatic rings. The van der Waals surface area contributed by atoms with Crippen molar-refractivity contribution in [3.05, 3.63) is 200 Å². The monoisotopic (exact) mass is 786 g/mol. The number of hydrogen-bond donors (Lipinski definition) is 0. The van der Waals surface area contributed by atoms with Crippen LogP contribution in [0.1, 0.15) is 13.8 Å². The van der Waals surface area contributed by atoms with Crippen LogP contribution in [0, 0.1) is 0 Å². The Bertz CT molecular complexity index is 3230. The van der Waals surface area contributed by atoms with Crippen LogP contribution in [0.2, 0.25) is 0 Å². The van der Waals surface area contributed by atoms with E-state index in [9.17, 15) is 0 Å². The van der Waals surface area contributed by atoms with E-state index >= 15 is 0 Å². The number of fused-ring (bicyclic) bond motifs is 8. The van der Waals surface area contributed by atoms with Gasteiger partial charge in [-0.15, -0.1) is 11.3 Å². The van der Waals surface area contributed by atoms with Gasteiger partial charge in [0.1, 0.15) is 5.65 Å². The Morgan fingerprint density at radius 2 is 0.930 bits per heavy atom. The fourth-order valence-corrected chi connectivity index (χ4v) is 13.9. The van der Waals surface area contributed by atoms with Crippen molar-refractivity contribution in [2.45, 2.75) is 13.8 Å². The summed E-state index contributed by atoms with van der Waals surface area (Å²) in [7, 11) is 0. The van der Waals surface area contributed by atoms with E-state index in [2.05, 4.69) is 209 Å². The van der Waals surface area contributed by atoms with Crippen LogP contribution in [-0.2, 0) is 11.8 Å². The van der Waals surface area contributed by atoms with Crippen molar-refractivity contribution in [1.29, 1.82) is 0 Å². The number of nitrogens with zero attached hydrogens (tertiary/aromatic N) is 2. The van der Waals surface area contributed by atoms with Gasteiger partial charge < -0.3 is 0 Å². The predicted molar refractivity (Wildman–Crippen MR) is 253 cm³/mol. The second-order valence-electron chi connectivity index (χ2n) is 14.0. The summed E-state index contributed by atoms with van der Waals surface area (Å²) in [6.07, 6.45) is 0. The van der Waals surface area contributed by atoms with Crippen LogP contribution >= 0.6 is 17.4 Å². The number of aromatic nitrogens is 2. The van der Waals surface area contributed by atoms with Gasteiger partial charge >= 0.3 is 0 Å². The number of thiophene rings is 1. The van der Waals surface area contributed by atoms with Gasteiger partial charge in [-0.05, 0) is 70.3 Å². The quantitative estimate of drug-likeness (QED) is 0.153. The highest BCUT2D eigenvalue weighted by Gasteiger charge is 2.28. The molecule has 8 aromatic carbocycles. The fourth-order valence-electron chi connectivity index (χ4n) is 8.55. The summed E-state index contributed by atoms with van der Waals surface area (Å²) in [5.74, 6) is 0. The normalized spacial score (nSPS) is 11.8. The van der Waals surface area contributed by atoms with Crippen molar-refractivity contribution < 1.29 is 0 Å². The molecule has 0 aliphatic carbocycles. The molecule has 0 atom stereocenters. The van der Waals surface area contributed by atoms with Gasteiger partial charge in [-0.2, -0.15) is 0 Å². The molecule has 5 heteroatoms. The second-order valence-corrected chi connectivity index (χ2v) is 19.5. The lowest BCUT2D eigenvalue weighted by atomic mass is 10.0. The average molecular weight is 787 g/mol. The zero-order valence-corrected chi connectivity index (χ0v) is 34.2. The maximum atomic E-state index is 6.86. The first-order valence-electron chi connectivity index (χ1n) is 19.5. The zero-order valence-electron chi connectivity index (χ0n) is 31.7. The highest BCUT2D eigenvalue weighted by atomic mass is 32.4. The Morgan fingerprint density at radius 1 is 0.421 bits per heavy atom. The Balaban J connectivity index is 0.00000195. The van der Waals surface area contributed by atoms with Crippen LogP contribution in [0.25, 0.3) is 75.5 Å². The lowest BCUT2D eigenvalue weighted by molar-refractivity contribution is 1.07. The van der Waals surface area contributed by atoms with E-state index in [4.69, 9.17) is 11.8 Å². The molecule has 3 heterocycles. The van der Waals surface area contributed by atoms with E-state index in [0.717, 1.165) is 11.4 Å². The molecular formula is C52H39N2PS2. The van der Waals surface area contributed by atoms with Gasteiger partial charge in [-0.1, -0.05) is 177 Å². The van der Waals surface area contributed by atoms with Crippen LogP contribution in [0.3, 0.4) is 0 Å². The summed E-state index contributed by atoms with van der Waals surface area (Å²) in [5, 5.41) is 10.0. The molecule has 57 heavy (non-hydrogen) atoms. The van der Waals surface area contributed by atoms with E-state index < -0.39 is 6.04 Å². The molecular weight excluding hydrogens is 748 g/mol. The molecule has 0 aliphatic heterocycles. The van der Waals surface area contributed by atoms with Crippen molar-refractivity contribution in [2.24, 2.45) is 0 Å². The van der Waals surface area contributed by atoms with Gasteiger partial charge in [0.25, 0.3) is 0 Å². The van der Waals surface area contributed by atoms with Crippen LogP contribution in [0.5, 0.6) is 0 Å². The van der Waals surface area contributed by atoms with E-state index in [1.165, 1.54) is 80.1 Å². The summed E-state index contributed by atoms with van der Waals surface area (Å²) in [6, 6.07) is 70.2. The maximum absolute atomic E-state index is 6.86. The summed E-state index contributed by atoms with van der Waals surface area (Å²) >= 11 is 8.72. The molecule has 0 amide bonds. The molecule has 274 valence electrons. The molecule has 0 radical (unpaired) electrons. The van der Waals surface area contributed by atoms with Gasteiger partial charge in [0.2, 0.25) is 0 Å². The first kappa shape index (κ1) is 35.4. The van der Waals surface area contributed by atoms with Crippen molar-refractivity contribution in [3.63, 3.8) is 0 Å². The largest absolute Gasteiger partial charge is 0.295 e. The molecule has 11 aromatic rings. The number of rotatable bonds is 6. The number of para-hydroxylation sites is 3. The molecule has 0 saturated heterocycles. The van der Waals surface area contributed by atoms with Crippen LogP contribution in [0.15, 0.2) is 200 Å². The van der Waals surface area contributed by atoms with E-state index in [1.54, 1.807) is 0 Å². The van der Waals surface area contributed by atoms with Crippen molar-refractivity contribution in [3.8, 4) is 22.5 Å². The zero-order chi connectivity index (χ0) is 38.5. The van der Waals surface area contributed by atoms with E-state index in [1.807, 2.05) is 25.2 Å². The first-order valence-corrected chi connectivity index (χ1v) is 23.2. The molecule has 0 fully saturated rings. The predicted octanol–water partition coefficient (Wildman–Crippen LogP) is 13.5. The lowest BCUT2D eigenvalue weighted by Crippen LogP contribution is -2.25. The highest BCUT2D eigenvalue weighted by molar-refractivity contribution is 8.25. The van der Waals surface area contributed by atoms with Gasteiger partial charge in [-0.3, -0.25) is 9.13 Å². The number of hydrogen-bond acceptors (Lipinski definition) is 2. The highest BCUT2D eigenvalue weighted by Crippen LogP contribution is 2.48. The number of benzene rings is 8. The van der Waals surface area contributed by atoms with Crippen molar-refractivity contribution in [2.75, 3.05) is 0 Å². The molecule has 0 unspecified atom stereocenters. The van der Waals surface area contributed by atoms with Gasteiger partial charge in [0, 0.05) is 59.0 Å². The summed E-state index contributed by atoms with van der Waals surface area (Å²) in [5.41, 5.74) is 8.25. The first-order chi connectivity index (χ1) is 28.2. The minimum atomic E-state index is -2.34. The standard InChI is InChI=1S/C50H33N2PS2.C2H6/c54-53(38-20-9-3-10-21-38,39-22-11-4-12-23-39)45-26-15-27-46-49(45)42-31-29-35(33-47(42)55-46)34-28-30-41-44(32-34)52(37-18-7-2-8-19-37)50-48(41)40-24-13-14-25-43(40)51(50)36-16-5-1-6-17-36;1-2/h1-33H;1-2H3. The fraction of sp³-hybridized carbons (Fsp3) is 0.0385. The third kappa shape index (κ3) is 5.63. The maximum Gasteiger partial charge on any atom is 0.131 e. The minimum absolute atomic E-state index is 1.14. The molecule has 0 spiro atoms. The van der Waals surface area contributed by atoms with E-state index in [0.29, 0.717) is 0 Å². The SMILES string of the molecule is CC.S=P(c1ccccc1)(c1ccccc1)c1cccc2sc3cc(-c4ccc5c6c7ccccc7n(-c7ccccc7)c6n(-c6ccccc6)c5c4)ccc3c12. The smallest absolute Gasteiger partial charge is 0.131 e. The van der Waals surface area contributed by atoms with Gasteiger partial charge in [0.15, 0.2) is 0 Å². The average Bonchev–Trinajstić information content (AvgIpc) is 3.95. The van der Waals surface area contributed by atoms with Gasteiger partial charge in [-0.25, -0.2) is 0 Å². The molecule has 2 nitrogen and oxygen atoms in total. The Hall–Kier alpha value is -6.03. The topological polar surface area (TPSA) is 9.86 Å². The Labute approximate surface area is 341 Å². The summed E-state index contributed by atoms with van der Waals surface area (Å²) < 4.78 is 7.42. The van der Waals surface area contributed by atoms with Crippen LogP contribution in [0.4, 0.5) is 0 Å². The van der Waals surface area contributed by atoms with E-state index in [-0.39, 0.29) is 0 Å². The molecule has 11 rings (SSSR count). The van der Waals surface area contributed by atoms with Crippen LogP contribution < -0.4 is 15.9 Å². The second kappa shape index (κ2) is 14.5. The Kier molecular flexibility index (Phi) is 8.99. The third-order valence-corrected chi connectivity index (χ3v) is 17.1. The Morgan fingerprint density at radius 3 is 1.56 bits per heavy atom. The lowest BCUT2D eigenvalue weighted by Gasteiger charge is -2.25. The third-order valence-electron chi connectivity index (χ3n) is 11.0. The van der Waals surface area contributed by atoms with Gasteiger partial charge in [0.05, 0.1) is 11.0 Å².